The molecule has 1 saturated heterocycles. The van der Waals surface area contributed by atoms with E-state index in [4.69, 9.17) is 21.0 Å². The number of alkyl carbamates (subject to hydrolysis) is 1. The number of thiazole rings is 1. The zero-order chi connectivity index (χ0) is 29.9. The van der Waals surface area contributed by atoms with Crippen LogP contribution in [0.2, 0.25) is 0 Å². The molecule has 0 aromatic carbocycles. The number of carboxylic acid groups (broad SMARTS) is 1. The smallest absolute Gasteiger partial charge is 0.407 e. The van der Waals surface area contributed by atoms with Crippen molar-refractivity contribution >= 4 is 56.4 Å². The number of aromatic nitrogens is 4. The lowest BCUT2D eigenvalue weighted by Gasteiger charge is -2.43. The number of aliphatic carboxylic acids is 1. The summed E-state index contributed by atoms with van der Waals surface area (Å²) in [7, 11) is -5.04. The summed E-state index contributed by atoms with van der Waals surface area (Å²) in [6.45, 7) is -0.388. The molecule has 0 bridgehead atoms. The highest BCUT2D eigenvalue weighted by atomic mass is 32.2. The minimum absolute atomic E-state index is 0.00163. The van der Waals surface area contributed by atoms with Gasteiger partial charge in [0, 0.05) is 24.8 Å². The molecule has 3 heterocycles. The summed E-state index contributed by atoms with van der Waals surface area (Å²) < 4.78 is 38.2. The highest BCUT2D eigenvalue weighted by Gasteiger charge is 2.56. The number of oxime groups is 1. The van der Waals surface area contributed by atoms with Gasteiger partial charge in [0.1, 0.15) is 30.1 Å². The maximum absolute atomic E-state index is 13.2. The first-order valence-electron chi connectivity index (χ1n) is 11.7. The maximum Gasteiger partial charge on any atom is 0.407 e. The molecule has 0 radical (unpaired) electrons. The van der Waals surface area contributed by atoms with Crippen LogP contribution in [0.25, 0.3) is 0 Å². The Morgan fingerprint density at radius 3 is 2.63 bits per heavy atom. The average molecular weight is 617 g/mol. The van der Waals surface area contributed by atoms with Gasteiger partial charge in [0.2, 0.25) is 5.60 Å². The van der Waals surface area contributed by atoms with E-state index < -0.39 is 64.1 Å². The first-order chi connectivity index (χ1) is 19.3. The Labute approximate surface area is 234 Å². The number of β-lactam (4-membered cyclic amide) rings is 1. The summed E-state index contributed by atoms with van der Waals surface area (Å²) in [6, 6.07) is -2.90. The van der Waals surface area contributed by atoms with Crippen LogP contribution in [0.1, 0.15) is 24.2 Å². The average Bonchev–Trinajstić information content (AvgIpc) is 3.37. The second-order valence-electron chi connectivity index (χ2n) is 8.70. The molecular formula is C19H24N10O10S2. The molecule has 3 amide bonds. The number of nitrogen functional groups attached to an aromatic ring is 1. The molecule has 20 nitrogen and oxygen atoms in total. The van der Waals surface area contributed by atoms with Gasteiger partial charge in [-0.15, -0.1) is 11.3 Å². The Balaban J connectivity index is 1.50. The first-order valence-corrected chi connectivity index (χ1v) is 13.9. The van der Waals surface area contributed by atoms with Crippen molar-refractivity contribution in [3.8, 4) is 0 Å². The summed E-state index contributed by atoms with van der Waals surface area (Å²) in [5, 5.41) is 27.1. The molecular weight excluding hydrogens is 592 g/mol. The van der Waals surface area contributed by atoms with Crippen LogP contribution in [-0.2, 0) is 47.4 Å². The lowest BCUT2D eigenvalue weighted by molar-refractivity contribution is -0.153. The van der Waals surface area contributed by atoms with Crippen LogP contribution in [-0.4, -0.2) is 103 Å². The quantitative estimate of drug-likeness (QED) is 0.0567. The van der Waals surface area contributed by atoms with Crippen molar-refractivity contribution < 1.29 is 46.8 Å². The van der Waals surface area contributed by atoms with E-state index in [1.807, 2.05) is 0 Å². The fourth-order valence-corrected chi connectivity index (χ4v) is 5.00. The molecule has 0 spiro atoms. The Morgan fingerprint density at radius 2 is 2.05 bits per heavy atom. The molecule has 1 saturated carbocycles. The molecule has 2 aliphatic rings. The fourth-order valence-electron chi connectivity index (χ4n) is 3.58. The van der Waals surface area contributed by atoms with E-state index in [0.717, 1.165) is 16.1 Å². The summed E-state index contributed by atoms with van der Waals surface area (Å²) >= 11 is 0.949. The van der Waals surface area contributed by atoms with E-state index in [9.17, 15) is 37.3 Å². The molecule has 22 heteroatoms. The standard InChI is InChI=1S/C19H24N10O10S2/c20-3-4-38-18(34)22-5-9-6-23-28(26-9)7-11-13(15(31)29(11)41(35,36)37)25-14(30)12(10-8-40-17(21)24-10)27-39-19(1-2-19)16(32)33/h6,8,11,13H,1-5,7,20H2,(H2,21,24)(H,22,34)(H,25,30)(H,32,33)(H,35,36,37). The number of carbonyl (C=O) groups is 4. The van der Waals surface area contributed by atoms with Gasteiger partial charge in [-0.25, -0.2) is 18.9 Å². The molecule has 41 heavy (non-hydrogen) atoms. The lowest BCUT2D eigenvalue weighted by Crippen LogP contribution is -2.73. The number of amides is 3. The second kappa shape index (κ2) is 11.6. The molecule has 2 aromatic heterocycles. The Hall–Kier alpha value is -4.41. The molecule has 2 fully saturated rings. The third kappa shape index (κ3) is 6.67. The van der Waals surface area contributed by atoms with Crippen molar-refractivity contribution in [3.05, 3.63) is 23.0 Å². The van der Waals surface area contributed by atoms with Gasteiger partial charge in [0.25, 0.3) is 11.8 Å². The monoisotopic (exact) mass is 616 g/mol. The van der Waals surface area contributed by atoms with Crippen LogP contribution in [0.5, 0.6) is 0 Å². The van der Waals surface area contributed by atoms with Gasteiger partial charge < -0.3 is 36.8 Å². The Bertz CT molecular complexity index is 1480. The molecule has 222 valence electrons. The maximum atomic E-state index is 13.2. The summed E-state index contributed by atoms with van der Waals surface area (Å²) in [5.41, 5.74) is 8.91. The summed E-state index contributed by atoms with van der Waals surface area (Å²) in [5.74, 6) is -3.53. The third-order valence-electron chi connectivity index (χ3n) is 5.79. The van der Waals surface area contributed by atoms with Crippen LogP contribution in [0.15, 0.2) is 16.7 Å². The van der Waals surface area contributed by atoms with Crippen molar-refractivity contribution in [2.24, 2.45) is 10.9 Å². The molecule has 2 unspecified atom stereocenters. The number of hydrogen-bond acceptors (Lipinski definition) is 15. The van der Waals surface area contributed by atoms with Gasteiger partial charge >= 0.3 is 22.4 Å². The molecule has 2 atom stereocenters. The highest BCUT2D eigenvalue weighted by Crippen LogP contribution is 2.40. The van der Waals surface area contributed by atoms with E-state index in [0.29, 0.717) is 0 Å². The fraction of sp³-hybridized carbons (Fsp3) is 0.474. The van der Waals surface area contributed by atoms with Crippen LogP contribution in [0, 0.1) is 0 Å². The zero-order valence-corrected chi connectivity index (χ0v) is 22.5. The van der Waals surface area contributed by atoms with E-state index >= 15 is 0 Å². The van der Waals surface area contributed by atoms with Crippen LogP contribution >= 0.6 is 11.3 Å². The predicted octanol–water partition coefficient (Wildman–Crippen LogP) is -2.96. The number of nitrogens with one attached hydrogen (secondary N) is 2. The minimum Gasteiger partial charge on any atom is -0.478 e. The van der Waals surface area contributed by atoms with Crippen molar-refractivity contribution in [1.29, 1.82) is 0 Å². The Morgan fingerprint density at radius 1 is 1.32 bits per heavy atom. The number of rotatable bonds is 13. The van der Waals surface area contributed by atoms with Gasteiger partial charge in [0.15, 0.2) is 10.8 Å². The normalized spacial score (nSPS) is 19.7. The van der Waals surface area contributed by atoms with E-state index in [-0.39, 0.29) is 53.4 Å². The number of hydrogen-bond donors (Lipinski definition) is 6. The zero-order valence-electron chi connectivity index (χ0n) is 20.9. The molecule has 1 aliphatic heterocycles. The van der Waals surface area contributed by atoms with Crippen molar-refractivity contribution in [2.45, 2.75) is 43.6 Å². The van der Waals surface area contributed by atoms with Gasteiger partial charge in [-0.3, -0.25) is 14.1 Å². The third-order valence-corrected chi connectivity index (χ3v) is 7.41. The lowest BCUT2D eigenvalue weighted by atomic mass is 9.98. The first kappa shape index (κ1) is 29.6. The van der Waals surface area contributed by atoms with Gasteiger partial charge in [-0.05, 0) is 0 Å². The molecule has 2 aromatic rings. The largest absolute Gasteiger partial charge is 0.478 e. The van der Waals surface area contributed by atoms with Crippen molar-refractivity contribution in [2.75, 3.05) is 18.9 Å². The minimum atomic E-state index is -5.04. The number of nitrogens with zero attached hydrogens (tertiary/aromatic N) is 6. The number of carboxylic acids is 1. The number of carbonyl (C=O) groups excluding carboxylic acids is 3. The predicted molar refractivity (Wildman–Crippen MR) is 135 cm³/mol. The summed E-state index contributed by atoms with van der Waals surface area (Å²) in [6.07, 6.45) is 0.792. The van der Waals surface area contributed by atoms with E-state index in [1.54, 1.807) is 0 Å². The van der Waals surface area contributed by atoms with Gasteiger partial charge in [-0.1, -0.05) is 5.16 Å². The number of nitrogens with two attached hydrogens (primary N) is 2. The van der Waals surface area contributed by atoms with Crippen LogP contribution in [0.4, 0.5) is 9.93 Å². The molecule has 4 rings (SSSR count). The van der Waals surface area contributed by atoms with Crippen molar-refractivity contribution in [3.63, 3.8) is 0 Å². The number of anilines is 1. The van der Waals surface area contributed by atoms with Crippen molar-refractivity contribution in [1.82, 2.24) is 34.9 Å². The van der Waals surface area contributed by atoms with E-state index in [1.165, 1.54) is 11.6 Å². The topological polar surface area (TPSA) is 297 Å². The SMILES string of the molecule is NCCOC(=O)NCc1cnn(CC2C(NC(=O)C(=NOC3(C(=O)O)CC3)c3csc(N)n3)C(=O)N2S(=O)(=O)O)n1. The highest BCUT2D eigenvalue weighted by molar-refractivity contribution is 7.84. The molecule has 1 aliphatic carbocycles. The number of ether oxygens (including phenoxy) is 1. The molecule has 8 N–H and O–H groups in total. The van der Waals surface area contributed by atoms with Gasteiger partial charge in [-0.2, -0.15) is 23.4 Å². The van der Waals surface area contributed by atoms with E-state index in [2.05, 4.69) is 31.0 Å². The summed E-state index contributed by atoms with van der Waals surface area (Å²) in [4.78, 5) is 58.9. The van der Waals surface area contributed by atoms with Crippen LogP contribution < -0.4 is 22.1 Å². The van der Waals surface area contributed by atoms with Gasteiger partial charge in [0.05, 0.1) is 19.3 Å². The van der Waals surface area contributed by atoms with Crippen LogP contribution in [0.3, 0.4) is 0 Å². The Kier molecular flexibility index (Phi) is 8.37. The second-order valence-corrected chi connectivity index (χ2v) is 10.9.